The number of nitrogens with one attached hydrogen (secondary N) is 1. The number of hydrogen-bond acceptors (Lipinski definition) is 3. The highest BCUT2D eigenvalue weighted by molar-refractivity contribution is 4.75. The van der Waals surface area contributed by atoms with Crippen LogP contribution in [-0.2, 0) is 5.11 Å². The average molecular weight is 201 g/mol. The lowest BCUT2D eigenvalue weighted by Gasteiger charge is -2.35. The van der Waals surface area contributed by atoms with E-state index in [0.717, 1.165) is 32.4 Å². The zero-order valence-corrected chi connectivity index (χ0v) is 8.91. The third-order valence-electron chi connectivity index (χ3n) is 2.83. The predicted molar refractivity (Wildman–Crippen MR) is 54.4 cm³/mol. The van der Waals surface area contributed by atoms with Crippen LogP contribution in [0.2, 0.25) is 0 Å². The minimum Gasteiger partial charge on any atom is -0.377 e. The first kappa shape index (κ1) is 11.9. The van der Waals surface area contributed by atoms with E-state index < -0.39 is 0 Å². The van der Waals surface area contributed by atoms with Gasteiger partial charge in [0.15, 0.2) is 0 Å². The number of β-amino-alcohol motifs (C(OH)–C–C–N with tert-alkyl or cyclic N) is 1. The molecule has 1 saturated heterocycles. The number of piperazine rings is 1. The highest BCUT2D eigenvalue weighted by Gasteiger charge is 2.20. The third-order valence-corrected chi connectivity index (χ3v) is 2.83. The van der Waals surface area contributed by atoms with Crippen molar-refractivity contribution < 1.29 is 10.2 Å². The van der Waals surface area contributed by atoms with Crippen molar-refractivity contribution in [2.45, 2.75) is 38.5 Å². The summed E-state index contributed by atoms with van der Waals surface area (Å²) < 4.78 is 0. The Morgan fingerprint density at radius 2 is 2.36 bits per heavy atom. The minimum atomic E-state index is -0.384. The summed E-state index contributed by atoms with van der Waals surface area (Å²) in [5.41, 5.74) is 0. The number of aliphatic hydroxyl groups is 1. The monoisotopic (exact) mass is 201 g/mol. The maximum Gasteiger partial charge on any atom is 0.117 e. The minimum absolute atomic E-state index is 0.0386. The molecule has 0 aromatic carbocycles. The van der Waals surface area contributed by atoms with Crippen molar-refractivity contribution in [1.29, 1.82) is 0 Å². The van der Waals surface area contributed by atoms with Crippen LogP contribution in [0.3, 0.4) is 0 Å². The molecule has 0 aromatic heterocycles. The predicted octanol–water partition coefficient (Wildman–Crippen LogP) is 0.199. The van der Waals surface area contributed by atoms with Gasteiger partial charge in [-0.25, -0.2) is 5.11 Å². The second-order valence-electron chi connectivity index (χ2n) is 4.01. The maximum absolute atomic E-state index is 10.3. The smallest absolute Gasteiger partial charge is 0.117 e. The molecule has 0 spiro atoms. The second-order valence-corrected chi connectivity index (χ2v) is 4.01. The quantitative estimate of drug-likeness (QED) is 0.625. The van der Waals surface area contributed by atoms with Crippen molar-refractivity contribution in [3.8, 4) is 0 Å². The van der Waals surface area contributed by atoms with Crippen LogP contribution >= 0.6 is 0 Å². The lowest BCUT2D eigenvalue weighted by molar-refractivity contribution is 0.0340. The lowest BCUT2D eigenvalue weighted by Crippen LogP contribution is -2.53. The standard InChI is InChI=1S/C10H21N2O2/c1-9(4-2-3-7-13)12-6-5-11-10(14)8-12/h9-11,14H,2-8H2,1H3. The maximum atomic E-state index is 10.3. The molecular weight excluding hydrogens is 180 g/mol. The van der Waals surface area contributed by atoms with Crippen LogP contribution in [0.1, 0.15) is 26.2 Å². The first-order valence-corrected chi connectivity index (χ1v) is 5.47. The van der Waals surface area contributed by atoms with E-state index in [1.54, 1.807) is 0 Å². The molecule has 1 fully saturated rings. The molecule has 0 aromatic rings. The van der Waals surface area contributed by atoms with Gasteiger partial charge in [0.05, 0.1) is 6.61 Å². The van der Waals surface area contributed by atoms with E-state index in [2.05, 4.69) is 17.1 Å². The van der Waals surface area contributed by atoms with Gasteiger partial charge < -0.3 is 5.11 Å². The molecule has 4 heteroatoms. The van der Waals surface area contributed by atoms with Crippen molar-refractivity contribution in [2.75, 3.05) is 26.2 Å². The van der Waals surface area contributed by atoms with Crippen molar-refractivity contribution in [3.63, 3.8) is 0 Å². The molecule has 14 heavy (non-hydrogen) atoms. The second kappa shape index (κ2) is 6.35. The molecule has 0 aliphatic carbocycles. The Labute approximate surface area is 85.9 Å². The zero-order chi connectivity index (χ0) is 10.4. The first-order chi connectivity index (χ1) is 6.74. The van der Waals surface area contributed by atoms with Gasteiger partial charge in [0.1, 0.15) is 6.23 Å². The van der Waals surface area contributed by atoms with Crippen LogP contribution in [0.4, 0.5) is 0 Å². The van der Waals surface area contributed by atoms with Gasteiger partial charge in [-0.3, -0.25) is 10.2 Å². The topological polar surface area (TPSA) is 55.4 Å². The van der Waals surface area contributed by atoms with Gasteiger partial charge in [0, 0.05) is 25.7 Å². The fourth-order valence-corrected chi connectivity index (χ4v) is 1.88. The van der Waals surface area contributed by atoms with Crippen LogP contribution < -0.4 is 5.32 Å². The Balaban J connectivity index is 2.18. The fraction of sp³-hybridized carbons (Fsp3) is 1.00. The molecule has 0 amide bonds. The lowest BCUT2D eigenvalue weighted by atomic mass is 10.1. The number of unbranched alkanes of at least 4 members (excludes halogenated alkanes) is 1. The van der Waals surface area contributed by atoms with Gasteiger partial charge in [0.2, 0.25) is 0 Å². The van der Waals surface area contributed by atoms with E-state index in [1.165, 1.54) is 0 Å². The van der Waals surface area contributed by atoms with Gasteiger partial charge in [-0.05, 0) is 26.2 Å². The molecule has 1 aliphatic heterocycles. The summed E-state index contributed by atoms with van der Waals surface area (Å²) in [6.07, 6.45) is 2.46. The first-order valence-electron chi connectivity index (χ1n) is 5.47. The van der Waals surface area contributed by atoms with Gasteiger partial charge in [0.25, 0.3) is 0 Å². The summed E-state index contributed by atoms with van der Waals surface area (Å²) in [7, 11) is 0. The Kier molecular flexibility index (Phi) is 5.40. The molecule has 1 rings (SSSR count). The summed E-state index contributed by atoms with van der Waals surface area (Å²) in [5, 5.41) is 22.7. The van der Waals surface area contributed by atoms with E-state index in [0.29, 0.717) is 12.6 Å². The number of hydrogen-bond donors (Lipinski definition) is 2. The molecule has 1 aliphatic rings. The molecule has 2 unspecified atom stereocenters. The molecule has 0 bridgehead atoms. The highest BCUT2D eigenvalue weighted by Crippen LogP contribution is 2.10. The number of aliphatic hydroxyl groups excluding tert-OH is 1. The van der Waals surface area contributed by atoms with E-state index in [4.69, 9.17) is 0 Å². The SMILES string of the molecule is CC(CCCC[O])N1CCNC(O)C1. The average Bonchev–Trinajstić information content (AvgIpc) is 2.18. The molecule has 4 nitrogen and oxygen atoms in total. The van der Waals surface area contributed by atoms with Gasteiger partial charge >= 0.3 is 0 Å². The number of rotatable bonds is 5. The fourth-order valence-electron chi connectivity index (χ4n) is 1.88. The van der Waals surface area contributed by atoms with Crippen molar-refractivity contribution in [2.24, 2.45) is 0 Å². The van der Waals surface area contributed by atoms with Gasteiger partial charge in [-0.1, -0.05) is 0 Å². The van der Waals surface area contributed by atoms with Crippen LogP contribution in [0.5, 0.6) is 0 Å². The highest BCUT2D eigenvalue weighted by atomic mass is 16.3. The van der Waals surface area contributed by atoms with E-state index >= 15 is 0 Å². The molecule has 2 atom stereocenters. The summed E-state index contributed by atoms with van der Waals surface area (Å²) >= 11 is 0. The molecular formula is C10H21N2O2. The summed E-state index contributed by atoms with van der Waals surface area (Å²) in [6.45, 7) is 4.76. The molecule has 1 radical (unpaired) electrons. The van der Waals surface area contributed by atoms with Crippen LogP contribution in [0, 0.1) is 0 Å². The zero-order valence-electron chi connectivity index (χ0n) is 8.91. The van der Waals surface area contributed by atoms with Crippen LogP contribution in [0.15, 0.2) is 0 Å². The van der Waals surface area contributed by atoms with Gasteiger partial charge in [-0.2, -0.15) is 0 Å². The van der Waals surface area contributed by atoms with E-state index in [1.807, 2.05) is 0 Å². The van der Waals surface area contributed by atoms with Crippen molar-refractivity contribution in [1.82, 2.24) is 10.2 Å². The van der Waals surface area contributed by atoms with E-state index in [9.17, 15) is 10.2 Å². The Bertz CT molecular complexity index is 155. The molecule has 0 saturated carbocycles. The summed E-state index contributed by atoms with van der Waals surface area (Å²) in [6, 6.07) is 0.485. The molecule has 1 heterocycles. The largest absolute Gasteiger partial charge is 0.377 e. The van der Waals surface area contributed by atoms with Crippen molar-refractivity contribution >= 4 is 0 Å². The molecule has 83 valence electrons. The third kappa shape index (κ3) is 3.92. The normalized spacial score (nSPS) is 26.4. The molecule has 2 N–H and O–H groups in total. The Hall–Kier alpha value is -0.160. The van der Waals surface area contributed by atoms with Crippen molar-refractivity contribution in [3.05, 3.63) is 0 Å². The Morgan fingerprint density at radius 3 is 3.00 bits per heavy atom. The van der Waals surface area contributed by atoms with Gasteiger partial charge in [-0.15, -0.1) is 0 Å². The number of nitrogens with zero attached hydrogens (tertiary/aromatic N) is 1. The van der Waals surface area contributed by atoms with E-state index in [-0.39, 0.29) is 12.8 Å². The van der Waals surface area contributed by atoms with Crippen LogP contribution in [0.25, 0.3) is 0 Å². The Morgan fingerprint density at radius 1 is 1.57 bits per heavy atom. The summed E-state index contributed by atoms with van der Waals surface area (Å²) in [4.78, 5) is 2.28. The summed E-state index contributed by atoms with van der Waals surface area (Å²) in [5.74, 6) is 0. The van der Waals surface area contributed by atoms with Crippen LogP contribution in [-0.4, -0.2) is 48.5 Å².